The molecule has 58 heavy (non-hydrogen) atoms. The number of benzene rings is 4. The van der Waals surface area contributed by atoms with Crippen molar-refractivity contribution in [2.75, 3.05) is 22.9 Å². The number of anilines is 2. The third kappa shape index (κ3) is 9.18. The summed E-state index contributed by atoms with van der Waals surface area (Å²) in [6.45, 7) is 15.5. The van der Waals surface area contributed by atoms with Crippen molar-refractivity contribution >= 4 is 33.3 Å². The summed E-state index contributed by atoms with van der Waals surface area (Å²) in [6, 6.07) is 29.2. The molecule has 0 aromatic heterocycles. The van der Waals surface area contributed by atoms with E-state index in [-0.39, 0.29) is 16.2 Å². The van der Waals surface area contributed by atoms with Crippen LogP contribution in [0.25, 0.3) is 5.57 Å². The molecular weight excluding hydrogens is 809 g/mol. The summed E-state index contributed by atoms with van der Waals surface area (Å²) < 4.78 is 2.94. The zero-order valence-corrected chi connectivity index (χ0v) is 39.2. The molecule has 0 bridgehead atoms. The molecule has 4 fully saturated rings. The molecule has 4 heteroatoms. The van der Waals surface area contributed by atoms with E-state index >= 15 is 0 Å². The monoisotopic (exact) mass is 878 g/mol. The standard InChI is InChI=1S/C21H26N2.C18H33P.C15H10.Ru/c1-14-9-16(3)20(17(4)10-14)22-7-8-23(13-22)21-18(5)11-15(2)12-19(21)6;1-4-10-16(11-5-1)19(17-12-6-2-7-13-17)18-14-8-3-9-15-18;1-2-6-12(7-3-1)15-11-10-13-8-4-5-9-14(13)15;/h9-12H,7-8H2,1-6H3;16-18H,1-15H2;1-9,11H;. The summed E-state index contributed by atoms with van der Waals surface area (Å²) in [7, 11) is 0.385. The van der Waals surface area contributed by atoms with Crippen LogP contribution in [0.15, 0.2) is 84.9 Å². The molecule has 0 amide bonds. The molecule has 1 heterocycles. The Hall–Kier alpha value is -2.99. The Morgan fingerprint density at radius 1 is 0.483 bits per heavy atom. The van der Waals surface area contributed by atoms with Gasteiger partial charge in [0.1, 0.15) is 0 Å². The van der Waals surface area contributed by atoms with Crippen molar-refractivity contribution in [2.24, 2.45) is 0 Å². The molecule has 9 rings (SSSR count). The number of hydrogen-bond donors (Lipinski definition) is 0. The van der Waals surface area contributed by atoms with Crippen molar-refractivity contribution in [3.63, 3.8) is 0 Å². The van der Waals surface area contributed by atoms with Gasteiger partial charge in [-0.05, 0) is 55.5 Å². The van der Waals surface area contributed by atoms with Crippen molar-refractivity contribution in [3.8, 4) is 0 Å². The average molecular weight is 878 g/mol. The maximum absolute atomic E-state index is 2.64. The first-order valence-electron chi connectivity index (χ1n) is 23.0. The first kappa shape index (κ1) is 41.7. The van der Waals surface area contributed by atoms with E-state index in [4.69, 9.17) is 0 Å². The van der Waals surface area contributed by atoms with Crippen LogP contribution in [0, 0.1) is 41.5 Å². The van der Waals surface area contributed by atoms with Crippen LogP contribution in [0.4, 0.5) is 11.4 Å². The summed E-state index contributed by atoms with van der Waals surface area (Å²) in [5.41, 5.74) is 19.8. The fourth-order valence-electron chi connectivity index (χ4n) is 11.5. The van der Waals surface area contributed by atoms with Gasteiger partial charge in [0.05, 0.1) is 0 Å². The normalized spacial score (nSPS) is 19.4. The van der Waals surface area contributed by atoms with E-state index in [1.165, 1.54) is 112 Å². The molecule has 0 radical (unpaired) electrons. The molecule has 0 spiro atoms. The van der Waals surface area contributed by atoms with Crippen LogP contribution in [0.2, 0.25) is 0 Å². The fraction of sp³-hybridized carbons (Fsp3) is 0.481. The Labute approximate surface area is 360 Å². The van der Waals surface area contributed by atoms with Crippen LogP contribution < -0.4 is 9.80 Å². The number of fused-ring (bicyclic) bond motifs is 1. The van der Waals surface area contributed by atoms with E-state index in [1.807, 2.05) is 0 Å². The Bertz CT molecular complexity index is 2000. The molecule has 4 aromatic carbocycles. The number of nitrogens with zero attached hydrogens (tertiary/aromatic N) is 2. The molecule has 0 unspecified atom stereocenters. The molecule has 3 saturated carbocycles. The molecular formula is C54H69N2PRu. The molecule has 1 aliphatic heterocycles. The summed E-state index contributed by atoms with van der Waals surface area (Å²) in [4.78, 5) is 5.29. The second-order valence-electron chi connectivity index (χ2n) is 18.3. The minimum absolute atomic E-state index is 0.233. The van der Waals surface area contributed by atoms with Gasteiger partial charge < -0.3 is 0 Å². The van der Waals surface area contributed by atoms with Gasteiger partial charge in [-0.2, -0.15) is 0 Å². The summed E-state index contributed by atoms with van der Waals surface area (Å²) in [5, 5.41) is 0. The van der Waals surface area contributed by atoms with E-state index < -0.39 is 0 Å². The van der Waals surface area contributed by atoms with Crippen molar-refractivity contribution < 1.29 is 16.2 Å². The number of hydrogen-bond acceptors (Lipinski definition) is 2. The predicted octanol–water partition coefficient (Wildman–Crippen LogP) is 14.2. The summed E-state index contributed by atoms with van der Waals surface area (Å²) >= 11 is -0.233. The van der Waals surface area contributed by atoms with Gasteiger partial charge in [0.15, 0.2) is 0 Å². The van der Waals surface area contributed by atoms with Crippen molar-refractivity contribution in [3.05, 3.63) is 135 Å². The Morgan fingerprint density at radius 3 is 1.31 bits per heavy atom. The molecule has 1 saturated heterocycles. The van der Waals surface area contributed by atoms with Gasteiger partial charge >= 0.3 is 241 Å². The summed E-state index contributed by atoms with van der Waals surface area (Å²) in [6.07, 6.45) is 26.1. The van der Waals surface area contributed by atoms with Gasteiger partial charge in [0.25, 0.3) is 0 Å². The van der Waals surface area contributed by atoms with Gasteiger partial charge in [0.2, 0.25) is 0 Å². The third-order valence-electron chi connectivity index (χ3n) is 13.8. The van der Waals surface area contributed by atoms with Gasteiger partial charge in [-0.15, -0.1) is 0 Å². The third-order valence-corrected chi connectivity index (χ3v) is 20.4. The molecule has 4 aliphatic carbocycles. The van der Waals surface area contributed by atoms with E-state index in [9.17, 15) is 0 Å². The fourth-order valence-corrected chi connectivity index (χ4v) is 18.8. The van der Waals surface area contributed by atoms with Crippen molar-refractivity contribution in [1.29, 1.82) is 0 Å². The molecule has 0 atom stereocenters. The minimum atomic E-state index is -0.233. The topological polar surface area (TPSA) is 6.48 Å². The number of allylic oxidation sites excluding steroid dienone is 1. The van der Waals surface area contributed by atoms with Crippen LogP contribution >= 0.6 is 7.92 Å². The first-order chi connectivity index (χ1) is 28.3. The Balaban J connectivity index is 0.000000206. The predicted molar refractivity (Wildman–Crippen MR) is 253 cm³/mol. The average Bonchev–Trinajstić information content (AvgIpc) is 3.80. The maximum atomic E-state index is 2.64. The van der Waals surface area contributed by atoms with E-state index in [1.54, 1.807) is 77.0 Å². The van der Waals surface area contributed by atoms with Gasteiger partial charge in [0, 0.05) is 0 Å². The Kier molecular flexibility index (Phi) is 13.8. The SMILES string of the molecule is C1CCC(P(C2CCCCC2)C2CCCCC2)CC1.Cc1cc(C)c(N2CCN(c3c(C)cc(C)cc3C)[C]2=[Ru]=[C]2C=C(c3ccccc3)c3ccccc32)c(C)c1. The zero-order chi connectivity index (χ0) is 40.2. The van der Waals surface area contributed by atoms with Crippen LogP contribution in [0.3, 0.4) is 0 Å². The van der Waals surface area contributed by atoms with Crippen LogP contribution in [-0.2, 0) is 16.2 Å². The Morgan fingerprint density at radius 2 is 0.879 bits per heavy atom. The number of aryl methyl sites for hydroxylation is 6. The van der Waals surface area contributed by atoms with Gasteiger partial charge in [-0.25, -0.2) is 0 Å². The van der Waals surface area contributed by atoms with Crippen molar-refractivity contribution in [2.45, 2.75) is 155 Å². The summed E-state index contributed by atoms with van der Waals surface area (Å²) in [5.74, 6) is 0. The molecule has 0 N–H and O–H groups in total. The van der Waals surface area contributed by atoms with Gasteiger partial charge in [-0.3, -0.25) is 0 Å². The van der Waals surface area contributed by atoms with Crippen LogP contribution in [0.1, 0.15) is 146 Å². The van der Waals surface area contributed by atoms with Gasteiger partial charge in [-0.1, -0.05) is 65.7 Å². The molecule has 2 nitrogen and oxygen atoms in total. The van der Waals surface area contributed by atoms with Crippen LogP contribution in [-0.4, -0.2) is 38.5 Å². The van der Waals surface area contributed by atoms with Crippen molar-refractivity contribution in [1.82, 2.24) is 0 Å². The molecule has 4 aromatic rings. The van der Waals surface area contributed by atoms with E-state index in [0.717, 1.165) is 13.1 Å². The van der Waals surface area contributed by atoms with E-state index in [0.29, 0.717) is 7.92 Å². The molecule has 308 valence electrons. The second-order valence-corrected chi connectivity index (χ2v) is 23.5. The molecule has 5 aliphatic rings. The first-order valence-corrected chi connectivity index (χ1v) is 26.3. The van der Waals surface area contributed by atoms with E-state index in [2.05, 4.69) is 136 Å². The second kappa shape index (κ2) is 19.2. The number of rotatable bonds is 6. The zero-order valence-electron chi connectivity index (χ0n) is 36.5. The van der Waals surface area contributed by atoms with Crippen LogP contribution in [0.5, 0.6) is 0 Å². The quantitative estimate of drug-likeness (QED) is 0.141.